The largest absolute Gasteiger partial charge is 0.496 e. The first-order valence-corrected chi connectivity index (χ1v) is 12.5. The van der Waals surface area contributed by atoms with Crippen LogP contribution in [0.1, 0.15) is 25.0 Å². The minimum Gasteiger partial charge on any atom is -0.496 e. The number of hydrogen-bond donors (Lipinski definition) is 1. The van der Waals surface area contributed by atoms with Gasteiger partial charge < -0.3 is 15.0 Å². The van der Waals surface area contributed by atoms with Crippen molar-refractivity contribution in [2.45, 2.75) is 32.5 Å². The number of sulfonamides is 1. The molecule has 0 bridgehead atoms. The lowest BCUT2D eigenvalue weighted by Gasteiger charge is -2.46. The van der Waals surface area contributed by atoms with E-state index in [9.17, 15) is 18.0 Å². The second-order valence-corrected chi connectivity index (χ2v) is 10.7. The van der Waals surface area contributed by atoms with Gasteiger partial charge in [-0.1, -0.05) is 48.0 Å². The number of para-hydroxylation sites is 1. The van der Waals surface area contributed by atoms with Crippen LogP contribution in [0.3, 0.4) is 0 Å². The van der Waals surface area contributed by atoms with Gasteiger partial charge in [0, 0.05) is 30.2 Å². The Bertz CT molecular complexity index is 1140. The third-order valence-electron chi connectivity index (χ3n) is 5.86. The quantitative estimate of drug-likeness (QED) is 0.609. The Kier molecular flexibility index (Phi) is 7.66. The fraction of sp³-hybridized carbons (Fsp3) is 0.391. The van der Waals surface area contributed by atoms with Crippen molar-refractivity contribution in [3.63, 3.8) is 0 Å². The number of hydrogen-bond acceptors (Lipinski definition) is 5. The standard InChI is InChI=1S/C23H28ClN3O5S/c1-4-33(30,31)26-15-21(28)27(14-18-10-5-7-11-19(18)24)23(2,16-26)22(29)25-13-17-9-6-8-12-20(17)32-3/h5-12H,4,13-16H2,1-3H3,(H,25,29). The third kappa shape index (κ3) is 5.31. The highest BCUT2D eigenvalue weighted by Crippen LogP contribution is 2.29. The molecule has 0 saturated carbocycles. The van der Waals surface area contributed by atoms with Gasteiger partial charge in [0.1, 0.15) is 11.3 Å². The molecule has 2 aromatic rings. The van der Waals surface area contributed by atoms with E-state index in [2.05, 4.69) is 5.32 Å². The molecule has 2 aromatic carbocycles. The van der Waals surface area contributed by atoms with Crippen molar-refractivity contribution >= 4 is 33.4 Å². The Morgan fingerprint density at radius 1 is 1.15 bits per heavy atom. The lowest BCUT2D eigenvalue weighted by atomic mass is 9.94. The summed E-state index contributed by atoms with van der Waals surface area (Å²) >= 11 is 6.30. The number of amides is 2. The molecule has 1 saturated heterocycles. The molecule has 8 nitrogen and oxygen atoms in total. The predicted octanol–water partition coefficient (Wildman–Crippen LogP) is 2.42. The highest BCUT2D eigenvalue weighted by atomic mass is 35.5. The van der Waals surface area contributed by atoms with Gasteiger partial charge in [-0.05, 0) is 31.5 Å². The number of methoxy groups -OCH3 is 1. The number of nitrogens with zero attached hydrogens (tertiary/aromatic N) is 2. The summed E-state index contributed by atoms with van der Waals surface area (Å²) in [4.78, 5) is 28.0. The van der Waals surface area contributed by atoms with E-state index in [-0.39, 0.29) is 31.9 Å². The Morgan fingerprint density at radius 3 is 2.42 bits per heavy atom. The van der Waals surface area contributed by atoms with Gasteiger partial charge in [-0.25, -0.2) is 8.42 Å². The summed E-state index contributed by atoms with van der Waals surface area (Å²) in [6, 6.07) is 14.3. The molecular formula is C23H28ClN3O5S. The summed E-state index contributed by atoms with van der Waals surface area (Å²) in [5, 5.41) is 3.32. The van der Waals surface area contributed by atoms with Crippen molar-refractivity contribution in [1.82, 2.24) is 14.5 Å². The highest BCUT2D eigenvalue weighted by Gasteiger charge is 2.49. The maximum atomic E-state index is 13.5. The zero-order valence-electron chi connectivity index (χ0n) is 18.9. The molecule has 0 aliphatic carbocycles. The number of piperazine rings is 1. The lowest BCUT2D eigenvalue weighted by molar-refractivity contribution is -0.153. The Labute approximate surface area is 199 Å². The zero-order chi connectivity index (χ0) is 24.2. The van der Waals surface area contributed by atoms with Crippen LogP contribution in [-0.2, 0) is 32.7 Å². The van der Waals surface area contributed by atoms with Crippen LogP contribution in [-0.4, -0.2) is 60.9 Å². The smallest absolute Gasteiger partial charge is 0.247 e. The molecule has 178 valence electrons. The minimum absolute atomic E-state index is 0.0805. The Balaban J connectivity index is 1.93. The molecule has 0 aromatic heterocycles. The van der Waals surface area contributed by atoms with Crippen LogP contribution in [0.5, 0.6) is 5.75 Å². The monoisotopic (exact) mass is 493 g/mol. The lowest BCUT2D eigenvalue weighted by Crippen LogP contribution is -2.69. The number of nitrogens with one attached hydrogen (secondary N) is 1. The van der Waals surface area contributed by atoms with E-state index in [1.165, 1.54) is 11.8 Å². The molecule has 1 unspecified atom stereocenters. The van der Waals surface area contributed by atoms with Gasteiger partial charge in [0.15, 0.2) is 0 Å². The average Bonchev–Trinajstić information content (AvgIpc) is 2.80. The number of rotatable bonds is 8. The van der Waals surface area contributed by atoms with Gasteiger partial charge in [-0.15, -0.1) is 0 Å². The van der Waals surface area contributed by atoms with E-state index in [1.54, 1.807) is 44.4 Å². The second-order valence-electron chi connectivity index (χ2n) is 8.01. The van der Waals surface area contributed by atoms with Crippen molar-refractivity contribution in [3.05, 3.63) is 64.7 Å². The van der Waals surface area contributed by atoms with Crippen molar-refractivity contribution < 1.29 is 22.7 Å². The summed E-state index contributed by atoms with van der Waals surface area (Å²) in [5.41, 5.74) is -0.0171. The molecule has 1 fully saturated rings. The number of halogens is 1. The van der Waals surface area contributed by atoms with Crippen LogP contribution < -0.4 is 10.1 Å². The number of benzene rings is 2. The molecule has 33 heavy (non-hydrogen) atoms. The molecule has 1 atom stereocenters. The van der Waals surface area contributed by atoms with E-state index in [0.29, 0.717) is 16.3 Å². The van der Waals surface area contributed by atoms with Crippen LogP contribution in [0.15, 0.2) is 48.5 Å². The number of carbonyl (C=O) groups excluding carboxylic acids is 2. The SMILES string of the molecule is CCS(=O)(=O)N1CC(=O)N(Cc2ccccc2Cl)C(C)(C(=O)NCc2ccccc2OC)C1. The summed E-state index contributed by atoms with van der Waals surface area (Å²) in [6.07, 6.45) is 0. The fourth-order valence-corrected chi connectivity index (χ4v) is 5.16. The molecule has 1 aliphatic heterocycles. The molecule has 3 rings (SSSR count). The van der Waals surface area contributed by atoms with E-state index >= 15 is 0 Å². The normalized spacial score (nSPS) is 19.4. The van der Waals surface area contributed by atoms with E-state index in [1.807, 2.05) is 18.2 Å². The van der Waals surface area contributed by atoms with Gasteiger partial charge in [-0.3, -0.25) is 9.59 Å². The third-order valence-corrected chi connectivity index (χ3v) is 8.00. The molecule has 1 heterocycles. The summed E-state index contributed by atoms with van der Waals surface area (Å²) in [5.74, 6) is -0.479. The first kappa shape index (κ1) is 25.0. The Hall–Kier alpha value is -2.62. The van der Waals surface area contributed by atoms with Crippen LogP contribution in [0, 0.1) is 0 Å². The fourth-order valence-electron chi connectivity index (χ4n) is 3.84. The Morgan fingerprint density at radius 2 is 1.79 bits per heavy atom. The van der Waals surface area contributed by atoms with Crippen LogP contribution in [0.25, 0.3) is 0 Å². The van der Waals surface area contributed by atoms with Gasteiger partial charge >= 0.3 is 0 Å². The van der Waals surface area contributed by atoms with Crippen LogP contribution in [0.4, 0.5) is 0 Å². The summed E-state index contributed by atoms with van der Waals surface area (Å²) in [7, 11) is -2.14. The molecular weight excluding hydrogens is 466 g/mol. The van der Waals surface area contributed by atoms with Crippen LogP contribution in [0.2, 0.25) is 5.02 Å². The first-order valence-electron chi connectivity index (χ1n) is 10.5. The maximum Gasteiger partial charge on any atom is 0.247 e. The summed E-state index contributed by atoms with van der Waals surface area (Å²) < 4.78 is 31.6. The second kappa shape index (κ2) is 10.1. The molecule has 1 N–H and O–H groups in total. The van der Waals surface area contributed by atoms with Gasteiger partial charge in [0.2, 0.25) is 21.8 Å². The van der Waals surface area contributed by atoms with E-state index in [4.69, 9.17) is 16.3 Å². The molecule has 0 spiro atoms. The van der Waals surface area contributed by atoms with Crippen molar-refractivity contribution in [1.29, 1.82) is 0 Å². The van der Waals surface area contributed by atoms with Gasteiger partial charge in [0.25, 0.3) is 0 Å². The minimum atomic E-state index is -3.68. The van der Waals surface area contributed by atoms with Crippen molar-refractivity contribution in [2.24, 2.45) is 0 Å². The maximum absolute atomic E-state index is 13.5. The van der Waals surface area contributed by atoms with Gasteiger partial charge in [0.05, 0.1) is 19.4 Å². The molecule has 1 aliphatic rings. The number of carbonyl (C=O) groups is 2. The van der Waals surface area contributed by atoms with Crippen LogP contribution >= 0.6 is 11.6 Å². The van der Waals surface area contributed by atoms with Gasteiger partial charge in [-0.2, -0.15) is 4.31 Å². The van der Waals surface area contributed by atoms with E-state index < -0.39 is 27.4 Å². The molecule has 10 heteroatoms. The summed E-state index contributed by atoms with van der Waals surface area (Å²) in [6.45, 7) is 2.85. The average molecular weight is 494 g/mol. The highest BCUT2D eigenvalue weighted by molar-refractivity contribution is 7.89. The zero-order valence-corrected chi connectivity index (χ0v) is 20.4. The first-order chi connectivity index (χ1) is 15.6. The van der Waals surface area contributed by atoms with Crippen molar-refractivity contribution in [2.75, 3.05) is 26.0 Å². The van der Waals surface area contributed by atoms with E-state index in [0.717, 1.165) is 9.87 Å². The number of ether oxygens (including phenoxy) is 1. The topological polar surface area (TPSA) is 96.0 Å². The van der Waals surface area contributed by atoms with Crippen molar-refractivity contribution in [3.8, 4) is 5.75 Å². The predicted molar refractivity (Wildman–Crippen MR) is 126 cm³/mol. The molecule has 2 amide bonds. The molecule has 0 radical (unpaired) electrons.